The highest BCUT2D eigenvalue weighted by Crippen LogP contribution is 2.25. The molecule has 0 radical (unpaired) electrons. The van der Waals surface area contributed by atoms with Crippen LogP contribution in [0.3, 0.4) is 0 Å². The maximum Gasteiger partial charge on any atom is 0.251 e. The number of carbonyl (C=O) groups is 3. The van der Waals surface area contributed by atoms with Gasteiger partial charge in [0.05, 0.1) is 12.9 Å². The average Bonchev–Trinajstić information content (AvgIpc) is 2.67. The molecule has 27 heavy (non-hydrogen) atoms. The molecule has 7 heteroatoms. The van der Waals surface area contributed by atoms with E-state index in [1.165, 1.54) is 18.7 Å². The van der Waals surface area contributed by atoms with Crippen LogP contribution in [-0.2, 0) is 10.5 Å². The molecular formula is C20H22N2O4S. The summed E-state index contributed by atoms with van der Waals surface area (Å²) in [6, 6.07) is 12.0. The average molecular weight is 386 g/mol. The second kappa shape index (κ2) is 9.78. The lowest BCUT2D eigenvalue weighted by Gasteiger charge is -2.10. The molecule has 2 aromatic carbocycles. The van der Waals surface area contributed by atoms with Gasteiger partial charge in [-0.05, 0) is 49.4 Å². The number of amides is 2. The Labute approximate surface area is 162 Å². The number of hydrogen-bond acceptors (Lipinski definition) is 5. The number of hydrogen-bond donors (Lipinski definition) is 2. The van der Waals surface area contributed by atoms with E-state index in [0.717, 1.165) is 5.56 Å². The summed E-state index contributed by atoms with van der Waals surface area (Å²) in [5.41, 5.74) is 2.65. The molecule has 0 fully saturated rings. The van der Waals surface area contributed by atoms with Gasteiger partial charge in [0.25, 0.3) is 5.91 Å². The molecule has 2 amide bonds. The first-order valence-electron chi connectivity index (χ1n) is 8.32. The first kappa shape index (κ1) is 20.5. The predicted octanol–water partition coefficient (Wildman–Crippen LogP) is 3.13. The third kappa shape index (κ3) is 5.86. The molecular weight excluding hydrogens is 364 g/mol. The van der Waals surface area contributed by atoms with E-state index in [-0.39, 0.29) is 23.4 Å². The summed E-state index contributed by atoms with van der Waals surface area (Å²) >= 11 is 1.43. The zero-order valence-electron chi connectivity index (χ0n) is 15.5. The van der Waals surface area contributed by atoms with Crippen molar-refractivity contribution in [2.24, 2.45) is 0 Å². The van der Waals surface area contributed by atoms with Crippen molar-refractivity contribution in [3.63, 3.8) is 0 Å². The summed E-state index contributed by atoms with van der Waals surface area (Å²) in [7, 11) is 3.14. The number of nitrogens with one attached hydrogen (secondary N) is 2. The van der Waals surface area contributed by atoms with Crippen molar-refractivity contribution in [1.29, 1.82) is 0 Å². The van der Waals surface area contributed by atoms with Gasteiger partial charge >= 0.3 is 0 Å². The van der Waals surface area contributed by atoms with Crippen molar-refractivity contribution in [1.82, 2.24) is 5.32 Å². The minimum Gasteiger partial charge on any atom is -0.496 e. The third-order valence-electron chi connectivity index (χ3n) is 3.84. The zero-order chi connectivity index (χ0) is 19.8. The maximum absolute atomic E-state index is 12.1. The number of ether oxygens (including phenoxy) is 1. The minimum atomic E-state index is -0.176. The highest BCUT2D eigenvalue weighted by Gasteiger charge is 2.10. The number of rotatable bonds is 8. The van der Waals surface area contributed by atoms with E-state index in [0.29, 0.717) is 28.3 Å². The fraction of sp³-hybridized carbons (Fsp3) is 0.250. The molecule has 2 aromatic rings. The van der Waals surface area contributed by atoms with Gasteiger partial charge in [0.1, 0.15) is 5.75 Å². The Kier molecular flexibility index (Phi) is 7.43. The monoisotopic (exact) mass is 386 g/mol. The van der Waals surface area contributed by atoms with Crippen LogP contribution in [0.2, 0.25) is 0 Å². The van der Waals surface area contributed by atoms with E-state index in [1.54, 1.807) is 56.6 Å². The Morgan fingerprint density at radius 3 is 2.30 bits per heavy atom. The standard InChI is InChI=1S/C20H22N2O4S/c1-13(23)15-6-9-18(26-3)16(10-15)11-27-12-19(24)22-17-7-4-14(5-8-17)20(25)21-2/h4-10H,11-12H2,1-3H3,(H,21,25)(H,22,24). The van der Waals surface area contributed by atoms with Crippen LogP contribution in [-0.4, -0.2) is 37.5 Å². The Bertz CT molecular complexity index is 834. The van der Waals surface area contributed by atoms with E-state index in [9.17, 15) is 14.4 Å². The number of methoxy groups -OCH3 is 1. The Morgan fingerprint density at radius 2 is 1.70 bits per heavy atom. The molecule has 2 rings (SSSR count). The SMILES string of the molecule is CNC(=O)c1ccc(NC(=O)CSCc2cc(C(C)=O)ccc2OC)cc1. The van der Waals surface area contributed by atoms with Gasteiger partial charge in [0, 0.05) is 35.2 Å². The van der Waals surface area contributed by atoms with Crippen molar-refractivity contribution < 1.29 is 19.1 Å². The summed E-state index contributed by atoms with van der Waals surface area (Å²) in [6.07, 6.45) is 0. The number of benzene rings is 2. The molecule has 0 spiro atoms. The van der Waals surface area contributed by atoms with E-state index in [1.807, 2.05) is 0 Å². The van der Waals surface area contributed by atoms with Gasteiger partial charge in [-0.15, -0.1) is 11.8 Å². The number of Topliss-reactive ketones (excluding diaryl/α,β-unsaturated/α-hetero) is 1. The molecule has 0 saturated carbocycles. The van der Waals surface area contributed by atoms with Crippen LogP contribution in [0, 0.1) is 0 Å². The highest BCUT2D eigenvalue weighted by molar-refractivity contribution is 7.99. The van der Waals surface area contributed by atoms with Crippen LogP contribution in [0.4, 0.5) is 5.69 Å². The van der Waals surface area contributed by atoms with Gasteiger partial charge in [-0.3, -0.25) is 14.4 Å². The number of carbonyl (C=O) groups excluding carboxylic acids is 3. The van der Waals surface area contributed by atoms with Crippen molar-refractivity contribution in [3.8, 4) is 5.75 Å². The molecule has 0 aliphatic rings. The largest absolute Gasteiger partial charge is 0.496 e. The van der Waals surface area contributed by atoms with Crippen LogP contribution >= 0.6 is 11.8 Å². The van der Waals surface area contributed by atoms with Gasteiger partial charge in [-0.25, -0.2) is 0 Å². The van der Waals surface area contributed by atoms with Gasteiger partial charge < -0.3 is 15.4 Å². The van der Waals surface area contributed by atoms with Crippen molar-refractivity contribution in [3.05, 3.63) is 59.2 Å². The first-order chi connectivity index (χ1) is 12.9. The lowest BCUT2D eigenvalue weighted by atomic mass is 10.1. The Morgan fingerprint density at radius 1 is 1.04 bits per heavy atom. The van der Waals surface area contributed by atoms with E-state index >= 15 is 0 Å². The van der Waals surface area contributed by atoms with Crippen LogP contribution in [0.5, 0.6) is 5.75 Å². The van der Waals surface area contributed by atoms with E-state index in [4.69, 9.17) is 4.74 Å². The smallest absolute Gasteiger partial charge is 0.251 e. The summed E-state index contributed by atoms with van der Waals surface area (Å²) in [4.78, 5) is 35.1. The summed E-state index contributed by atoms with van der Waals surface area (Å²) < 4.78 is 5.32. The molecule has 0 unspecified atom stereocenters. The molecule has 0 atom stereocenters. The normalized spacial score (nSPS) is 10.2. The van der Waals surface area contributed by atoms with E-state index in [2.05, 4.69) is 10.6 Å². The predicted molar refractivity (Wildman–Crippen MR) is 108 cm³/mol. The number of anilines is 1. The van der Waals surface area contributed by atoms with Gasteiger partial charge in [-0.1, -0.05) is 0 Å². The van der Waals surface area contributed by atoms with Crippen molar-refractivity contribution in [2.75, 3.05) is 25.2 Å². The molecule has 0 bridgehead atoms. The van der Waals surface area contributed by atoms with E-state index < -0.39 is 0 Å². The minimum absolute atomic E-state index is 0.0122. The van der Waals surface area contributed by atoms with Gasteiger partial charge in [-0.2, -0.15) is 0 Å². The molecule has 2 N–H and O–H groups in total. The molecule has 142 valence electrons. The molecule has 0 heterocycles. The van der Waals surface area contributed by atoms with Crippen molar-refractivity contribution in [2.45, 2.75) is 12.7 Å². The molecule has 6 nitrogen and oxygen atoms in total. The molecule has 0 aliphatic carbocycles. The van der Waals surface area contributed by atoms with Crippen LogP contribution in [0.15, 0.2) is 42.5 Å². The Balaban J connectivity index is 1.90. The fourth-order valence-corrected chi connectivity index (χ4v) is 3.22. The quantitative estimate of drug-likeness (QED) is 0.681. The molecule has 0 saturated heterocycles. The number of ketones is 1. The second-order valence-electron chi connectivity index (χ2n) is 5.78. The number of thioether (sulfide) groups is 1. The topological polar surface area (TPSA) is 84.5 Å². The van der Waals surface area contributed by atoms with Crippen LogP contribution < -0.4 is 15.4 Å². The highest BCUT2D eigenvalue weighted by atomic mass is 32.2. The van der Waals surface area contributed by atoms with Gasteiger partial charge in [0.15, 0.2) is 5.78 Å². The van der Waals surface area contributed by atoms with Crippen LogP contribution in [0.25, 0.3) is 0 Å². The molecule has 0 aliphatic heterocycles. The Hall–Kier alpha value is -2.80. The summed E-state index contributed by atoms with van der Waals surface area (Å²) in [6.45, 7) is 1.52. The van der Waals surface area contributed by atoms with Crippen molar-refractivity contribution >= 4 is 35.0 Å². The van der Waals surface area contributed by atoms with Crippen LogP contribution in [0.1, 0.15) is 33.2 Å². The maximum atomic E-state index is 12.1. The summed E-state index contributed by atoms with van der Waals surface area (Å²) in [5, 5.41) is 5.34. The fourth-order valence-electron chi connectivity index (χ4n) is 2.41. The second-order valence-corrected chi connectivity index (χ2v) is 6.77. The van der Waals surface area contributed by atoms with Gasteiger partial charge in [0.2, 0.25) is 5.91 Å². The molecule has 0 aromatic heterocycles. The first-order valence-corrected chi connectivity index (χ1v) is 9.47. The zero-order valence-corrected chi connectivity index (χ0v) is 16.3. The third-order valence-corrected chi connectivity index (χ3v) is 4.82. The lowest BCUT2D eigenvalue weighted by molar-refractivity contribution is -0.113. The lowest BCUT2D eigenvalue weighted by Crippen LogP contribution is -2.18. The summed E-state index contributed by atoms with van der Waals surface area (Å²) in [5.74, 6) is 1.16.